The van der Waals surface area contributed by atoms with Gasteiger partial charge in [-0.3, -0.25) is 5.43 Å². The lowest BCUT2D eigenvalue weighted by Gasteiger charge is -2.04. The molecular weight excluding hydrogens is 288 g/mol. The molecule has 1 aromatic heterocycles. The number of nitrogens with zero attached hydrogens (tertiary/aromatic N) is 2. The summed E-state index contributed by atoms with van der Waals surface area (Å²) in [5.74, 6) is 2.33. The van der Waals surface area contributed by atoms with Crippen LogP contribution in [0.15, 0.2) is 39.6 Å². The second-order valence-corrected chi connectivity index (χ2v) is 6.68. The lowest BCUT2D eigenvalue weighted by atomic mass is 10.2. The highest BCUT2D eigenvalue weighted by atomic mass is 32.2. The third kappa shape index (κ3) is 4.86. The fourth-order valence-corrected chi connectivity index (χ4v) is 2.92. The Morgan fingerprint density at radius 1 is 1.50 bits per heavy atom. The van der Waals surface area contributed by atoms with Crippen LogP contribution in [0, 0.1) is 5.92 Å². The van der Waals surface area contributed by atoms with Crippen molar-refractivity contribution in [1.29, 1.82) is 0 Å². The van der Waals surface area contributed by atoms with Gasteiger partial charge in [0.1, 0.15) is 5.82 Å². The van der Waals surface area contributed by atoms with Crippen molar-refractivity contribution in [3.63, 3.8) is 0 Å². The summed E-state index contributed by atoms with van der Waals surface area (Å²) in [5.41, 5.74) is 9.48. The summed E-state index contributed by atoms with van der Waals surface area (Å²) in [4.78, 5) is 5.34. The third-order valence-corrected chi connectivity index (χ3v) is 4.52. The quantitative estimate of drug-likeness (QED) is 0.482. The minimum absolute atomic E-state index is 0.514. The molecule has 0 amide bonds. The zero-order valence-corrected chi connectivity index (χ0v) is 13.2. The van der Waals surface area contributed by atoms with Crippen molar-refractivity contribution in [2.45, 2.75) is 18.7 Å². The monoisotopic (exact) mass is 306 g/mol. The van der Waals surface area contributed by atoms with Gasteiger partial charge in [-0.15, -0.1) is 23.1 Å². The topological polar surface area (TPSA) is 63.3 Å². The second-order valence-electron chi connectivity index (χ2n) is 4.72. The predicted molar refractivity (Wildman–Crippen MR) is 89.7 cm³/mol. The summed E-state index contributed by atoms with van der Waals surface area (Å²) < 4.78 is 0. The van der Waals surface area contributed by atoms with Crippen molar-refractivity contribution in [2.24, 2.45) is 11.0 Å². The van der Waals surface area contributed by atoms with E-state index >= 15 is 0 Å². The Balaban J connectivity index is 1.93. The van der Waals surface area contributed by atoms with E-state index in [1.54, 1.807) is 11.6 Å². The lowest BCUT2D eigenvalue weighted by Crippen LogP contribution is -1.92. The zero-order chi connectivity index (χ0) is 14.4. The first-order valence-corrected chi connectivity index (χ1v) is 8.23. The predicted octanol–water partition coefficient (Wildman–Crippen LogP) is 3.92. The molecule has 0 atom stereocenters. The minimum atomic E-state index is 0.514. The van der Waals surface area contributed by atoms with Crippen LogP contribution in [0.5, 0.6) is 0 Å². The maximum Gasteiger partial charge on any atom is 0.205 e. The highest BCUT2D eigenvalue weighted by Crippen LogP contribution is 2.21. The number of hydrogen-bond donors (Lipinski definition) is 2. The van der Waals surface area contributed by atoms with Crippen LogP contribution in [-0.4, -0.2) is 17.0 Å². The average Bonchev–Trinajstić information content (AvgIpc) is 2.83. The summed E-state index contributed by atoms with van der Waals surface area (Å²) in [5, 5.41) is 6.65. The molecule has 0 bridgehead atoms. The van der Waals surface area contributed by atoms with Crippen LogP contribution in [0.25, 0.3) is 0 Å². The SMILES string of the molecule is CC(C)CSc1cccc(C=NNc2nc(N)cs2)c1. The van der Waals surface area contributed by atoms with E-state index in [0.717, 1.165) is 11.3 Å². The molecule has 0 spiro atoms. The fraction of sp³-hybridized carbons (Fsp3) is 0.286. The molecule has 2 rings (SSSR count). The number of benzene rings is 1. The van der Waals surface area contributed by atoms with E-state index < -0.39 is 0 Å². The number of anilines is 2. The molecule has 20 heavy (non-hydrogen) atoms. The van der Waals surface area contributed by atoms with Crippen molar-refractivity contribution in [3.05, 3.63) is 35.2 Å². The van der Waals surface area contributed by atoms with Gasteiger partial charge in [0.05, 0.1) is 6.21 Å². The van der Waals surface area contributed by atoms with Gasteiger partial charge >= 0.3 is 0 Å². The highest BCUT2D eigenvalue weighted by molar-refractivity contribution is 7.99. The number of aromatic nitrogens is 1. The van der Waals surface area contributed by atoms with Crippen LogP contribution >= 0.6 is 23.1 Å². The van der Waals surface area contributed by atoms with E-state index in [9.17, 15) is 0 Å². The average molecular weight is 306 g/mol. The van der Waals surface area contributed by atoms with Crippen LogP contribution < -0.4 is 11.2 Å². The molecule has 4 nitrogen and oxygen atoms in total. The molecular formula is C14H18N4S2. The van der Waals surface area contributed by atoms with E-state index in [1.807, 2.05) is 23.9 Å². The molecule has 0 aliphatic rings. The standard InChI is InChI=1S/C14H18N4S2/c1-10(2)8-19-12-5-3-4-11(6-12)7-16-18-14-17-13(15)9-20-14/h3-7,9-10H,8,15H2,1-2H3,(H,17,18). The number of thiazole rings is 1. The maximum atomic E-state index is 5.54. The maximum absolute atomic E-state index is 5.54. The molecule has 106 valence electrons. The number of nitrogens with two attached hydrogens (primary N) is 1. The summed E-state index contributed by atoms with van der Waals surface area (Å²) in [6, 6.07) is 8.33. The van der Waals surface area contributed by atoms with Gasteiger partial charge < -0.3 is 5.73 Å². The normalized spacial score (nSPS) is 11.3. The van der Waals surface area contributed by atoms with E-state index in [0.29, 0.717) is 16.9 Å². The van der Waals surface area contributed by atoms with Crippen molar-refractivity contribution < 1.29 is 0 Å². The fourth-order valence-electron chi connectivity index (χ4n) is 1.45. The summed E-state index contributed by atoms with van der Waals surface area (Å²) in [7, 11) is 0. The molecule has 0 saturated carbocycles. The van der Waals surface area contributed by atoms with Crippen molar-refractivity contribution in [1.82, 2.24) is 4.98 Å². The molecule has 0 unspecified atom stereocenters. The number of hydrazone groups is 1. The number of nitrogen functional groups attached to an aromatic ring is 1. The largest absolute Gasteiger partial charge is 0.383 e. The Bertz CT molecular complexity index is 578. The number of thioether (sulfide) groups is 1. The summed E-state index contributed by atoms with van der Waals surface area (Å²) in [6.07, 6.45) is 1.79. The Kier molecular flexibility index (Phi) is 5.43. The Morgan fingerprint density at radius 2 is 2.35 bits per heavy atom. The molecule has 0 aliphatic carbocycles. The van der Waals surface area contributed by atoms with Crippen LogP contribution in [0.4, 0.5) is 10.9 Å². The number of hydrogen-bond acceptors (Lipinski definition) is 6. The molecule has 0 aliphatic heterocycles. The Hall–Kier alpha value is -1.53. The van der Waals surface area contributed by atoms with E-state index in [1.165, 1.54) is 16.2 Å². The Labute approximate surface area is 127 Å². The lowest BCUT2D eigenvalue weighted by molar-refractivity contribution is 0.750. The van der Waals surface area contributed by atoms with Gasteiger partial charge in [-0.25, -0.2) is 4.98 Å². The molecule has 3 N–H and O–H groups in total. The second kappa shape index (κ2) is 7.31. The van der Waals surface area contributed by atoms with Gasteiger partial charge in [0.25, 0.3) is 0 Å². The van der Waals surface area contributed by atoms with Crippen molar-refractivity contribution >= 4 is 40.3 Å². The molecule has 0 saturated heterocycles. The first-order chi connectivity index (χ1) is 9.63. The Morgan fingerprint density at radius 3 is 3.05 bits per heavy atom. The van der Waals surface area contributed by atoms with E-state index in [2.05, 4.69) is 41.5 Å². The van der Waals surface area contributed by atoms with Gasteiger partial charge in [0.2, 0.25) is 5.13 Å². The van der Waals surface area contributed by atoms with Crippen LogP contribution in [0.2, 0.25) is 0 Å². The molecule has 1 aromatic carbocycles. The van der Waals surface area contributed by atoms with Crippen LogP contribution in [-0.2, 0) is 0 Å². The highest BCUT2D eigenvalue weighted by Gasteiger charge is 1.99. The van der Waals surface area contributed by atoms with Crippen LogP contribution in [0.3, 0.4) is 0 Å². The van der Waals surface area contributed by atoms with Gasteiger partial charge in [-0.2, -0.15) is 5.10 Å². The summed E-state index contributed by atoms with van der Waals surface area (Å²) >= 11 is 3.30. The molecule has 0 radical (unpaired) electrons. The summed E-state index contributed by atoms with van der Waals surface area (Å²) in [6.45, 7) is 4.45. The molecule has 2 aromatic rings. The first-order valence-electron chi connectivity index (χ1n) is 6.36. The molecule has 6 heteroatoms. The third-order valence-electron chi connectivity index (χ3n) is 2.34. The van der Waals surface area contributed by atoms with Gasteiger partial charge in [-0.05, 0) is 23.6 Å². The van der Waals surface area contributed by atoms with Crippen molar-refractivity contribution in [3.8, 4) is 0 Å². The minimum Gasteiger partial charge on any atom is -0.383 e. The van der Waals surface area contributed by atoms with Gasteiger partial charge in [-0.1, -0.05) is 26.0 Å². The van der Waals surface area contributed by atoms with Gasteiger partial charge in [0.15, 0.2) is 0 Å². The van der Waals surface area contributed by atoms with Gasteiger partial charge in [0, 0.05) is 16.0 Å². The van der Waals surface area contributed by atoms with E-state index in [-0.39, 0.29) is 0 Å². The number of rotatable bonds is 6. The zero-order valence-electron chi connectivity index (χ0n) is 11.5. The molecule has 1 heterocycles. The van der Waals surface area contributed by atoms with E-state index in [4.69, 9.17) is 5.73 Å². The first kappa shape index (κ1) is 14.9. The number of nitrogens with one attached hydrogen (secondary N) is 1. The van der Waals surface area contributed by atoms with Crippen molar-refractivity contribution in [2.75, 3.05) is 16.9 Å². The smallest absolute Gasteiger partial charge is 0.205 e. The van der Waals surface area contributed by atoms with Crippen LogP contribution in [0.1, 0.15) is 19.4 Å². The molecule has 0 fully saturated rings.